The maximum absolute atomic E-state index is 3.54. The van der Waals surface area contributed by atoms with Crippen molar-refractivity contribution < 1.29 is 0 Å². The molecule has 0 heterocycles. The van der Waals surface area contributed by atoms with E-state index in [2.05, 4.69) is 43.6 Å². The van der Waals surface area contributed by atoms with Crippen LogP contribution in [0.2, 0.25) is 0 Å². The Morgan fingerprint density at radius 2 is 1.80 bits per heavy atom. The van der Waals surface area contributed by atoms with Gasteiger partial charge in [-0.3, -0.25) is 0 Å². The summed E-state index contributed by atoms with van der Waals surface area (Å²) in [5, 5.41) is 0. The van der Waals surface area contributed by atoms with E-state index in [1.165, 1.54) is 19.3 Å². The summed E-state index contributed by atoms with van der Waals surface area (Å²) in [7, 11) is 0. The molecule has 1 atom stereocenters. The van der Waals surface area contributed by atoms with Crippen LogP contribution < -0.4 is 0 Å². The summed E-state index contributed by atoms with van der Waals surface area (Å²) in [6, 6.07) is 0. The van der Waals surface area contributed by atoms with Gasteiger partial charge in [0, 0.05) is 4.83 Å². The Kier molecular flexibility index (Phi) is 4.59. The van der Waals surface area contributed by atoms with Gasteiger partial charge in [-0.15, -0.1) is 0 Å². The molecule has 0 saturated carbocycles. The van der Waals surface area contributed by atoms with E-state index in [4.69, 9.17) is 0 Å². The second kappa shape index (κ2) is 4.38. The van der Waals surface area contributed by atoms with Gasteiger partial charge in [0.2, 0.25) is 0 Å². The number of halogens is 1. The summed E-state index contributed by atoms with van der Waals surface area (Å²) in [4.78, 5) is 0.690. The average molecular weight is 207 g/mol. The zero-order valence-corrected chi connectivity index (χ0v) is 9.16. The molecular formula is C9H19Br. The van der Waals surface area contributed by atoms with Crippen molar-refractivity contribution in [3.05, 3.63) is 0 Å². The molecule has 0 aliphatic heterocycles. The van der Waals surface area contributed by atoms with Gasteiger partial charge in [-0.2, -0.15) is 0 Å². The summed E-state index contributed by atoms with van der Waals surface area (Å²) in [5.41, 5.74) is 0.516. The van der Waals surface area contributed by atoms with Crippen molar-refractivity contribution >= 4 is 15.9 Å². The Hall–Kier alpha value is 0.480. The van der Waals surface area contributed by atoms with Crippen molar-refractivity contribution in [2.75, 3.05) is 0 Å². The lowest BCUT2D eigenvalue weighted by Gasteiger charge is -2.17. The molecule has 0 nitrogen and oxygen atoms in total. The maximum Gasteiger partial charge on any atom is 0.0117 e. The normalized spacial score (nSPS) is 15.3. The van der Waals surface area contributed by atoms with Crippen molar-refractivity contribution in [2.45, 2.75) is 51.8 Å². The van der Waals surface area contributed by atoms with Gasteiger partial charge >= 0.3 is 0 Å². The molecule has 0 aromatic rings. The lowest BCUT2D eigenvalue weighted by atomic mass is 9.90. The van der Waals surface area contributed by atoms with Gasteiger partial charge in [-0.25, -0.2) is 0 Å². The molecule has 0 aromatic carbocycles. The minimum absolute atomic E-state index is 0.516. The summed E-state index contributed by atoms with van der Waals surface area (Å²) in [5.74, 6) is 0. The lowest BCUT2D eigenvalue weighted by molar-refractivity contribution is 0.361. The highest BCUT2D eigenvalue weighted by molar-refractivity contribution is 9.09. The molecule has 1 unspecified atom stereocenters. The highest BCUT2D eigenvalue weighted by atomic mass is 79.9. The highest BCUT2D eigenvalue weighted by Gasteiger charge is 2.09. The molecule has 0 bridgehead atoms. The van der Waals surface area contributed by atoms with Crippen LogP contribution in [-0.4, -0.2) is 4.83 Å². The minimum atomic E-state index is 0.516. The molecule has 62 valence electrons. The van der Waals surface area contributed by atoms with E-state index in [0.717, 1.165) is 0 Å². The second-order valence-corrected chi connectivity index (χ2v) is 5.80. The second-order valence-electron chi connectivity index (χ2n) is 4.23. The van der Waals surface area contributed by atoms with Crippen LogP contribution in [0.4, 0.5) is 0 Å². The smallest absolute Gasteiger partial charge is 0.0117 e. The quantitative estimate of drug-likeness (QED) is 0.614. The molecule has 0 fully saturated rings. The standard InChI is InChI=1S/C9H19Br/c1-8(10)6-5-7-9(2,3)4/h8H,5-7H2,1-4H3. The molecule has 0 saturated heterocycles. The van der Waals surface area contributed by atoms with E-state index in [1.807, 2.05) is 0 Å². The minimum Gasteiger partial charge on any atom is -0.0894 e. The number of alkyl halides is 1. The number of rotatable bonds is 3. The van der Waals surface area contributed by atoms with Crippen molar-refractivity contribution in [1.82, 2.24) is 0 Å². The summed E-state index contributed by atoms with van der Waals surface area (Å²) >= 11 is 3.54. The highest BCUT2D eigenvalue weighted by Crippen LogP contribution is 2.22. The van der Waals surface area contributed by atoms with Gasteiger partial charge in [0.25, 0.3) is 0 Å². The lowest BCUT2D eigenvalue weighted by Crippen LogP contribution is -2.05. The van der Waals surface area contributed by atoms with E-state index in [9.17, 15) is 0 Å². The first-order chi connectivity index (χ1) is 4.42. The van der Waals surface area contributed by atoms with Crippen LogP contribution >= 0.6 is 15.9 Å². The van der Waals surface area contributed by atoms with Crippen molar-refractivity contribution in [3.63, 3.8) is 0 Å². The Morgan fingerprint density at radius 1 is 1.30 bits per heavy atom. The first kappa shape index (κ1) is 10.5. The van der Waals surface area contributed by atoms with Crippen LogP contribution in [0.5, 0.6) is 0 Å². The van der Waals surface area contributed by atoms with Crippen molar-refractivity contribution in [1.29, 1.82) is 0 Å². The van der Waals surface area contributed by atoms with E-state index in [-0.39, 0.29) is 0 Å². The van der Waals surface area contributed by atoms with Crippen molar-refractivity contribution in [2.24, 2.45) is 5.41 Å². The molecule has 1 heteroatoms. The molecule has 0 radical (unpaired) electrons. The van der Waals surface area contributed by atoms with Gasteiger partial charge in [-0.1, -0.05) is 50.0 Å². The van der Waals surface area contributed by atoms with Gasteiger partial charge in [0.05, 0.1) is 0 Å². The van der Waals surface area contributed by atoms with Crippen LogP contribution in [0.1, 0.15) is 47.0 Å². The summed E-state index contributed by atoms with van der Waals surface area (Å²) in [6.07, 6.45) is 3.98. The first-order valence-electron chi connectivity index (χ1n) is 4.06. The predicted octanol–water partition coefficient (Wildman–Crippen LogP) is 3.99. The number of hydrogen-bond donors (Lipinski definition) is 0. The Morgan fingerprint density at radius 3 is 2.10 bits per heavy atom. The third-order valence-electron chi connectivity index (χ3n) is 1.53. The SMILES string of the molecule is CC(Br)CCCC(C)(C)C. The molecule has 10 heavy (non-hydrogen) atoms. The van der Waals surface area contributed by atoms with Crippen LogP contribution in [0.15, 0.2) is 0 Å². The molecule has 0 aliphatic rings. The van der Waals surface area contributed by atoms with Crippen LogP contribution in [0.25, 0.3) is 0 Å². The number of hydrogen-bond acceptors (Lipinski definition) is 0. The Bertz CT molecular complexity index is 79.2. The fourth-order valence-corrected chi connectivity index (χ4v) is 1.24. The fraction of sp³-hybridized carbons (Fsp3) is 1.00. The molecule has 0 spiro atoms. The van der Waals surface area contributed by atoms with E-state index in [0.29, 0.717) is 10.2 Å². The fourth-order valence-electron chi connectivity index (χ4n) is 0.914. The summed E-state index contributed by atoms with van der Waals surface area (Å²) in [6.45, 7) is 9.10. The van der Waals surface area contributed by atoms with E-state index in [1.54, 1.807) is 0 Å². The molecule has 0 amide bonds. The first-order valence-corrected chi connectivity index (χ1v) is 4.97. The third-order valence-corrected chi connectivity index (χ3v) is 1.99. The molecular weight excluding hydrogens is 188 g/mol. The third kappa shape index (κ3) is 8.48. The maximum atomic E-state index is 3.54. The predicted molar refractivity (Wildman–Crippen MR) is 51.7 cm³/mol. The Balaban J connectivity index is 3.21. The van der Waals surface area contributed by atoms with Crippen molar-refractivity contribution in [3.8, 4) is 0 Å². The zero-order chi connectivity index (χ0) is 8.20. The van der Waals surface area contributed by atoms with E-state index >= 15 is 0 Å². The Labute approximate surface area is 73.5 Å². The average Bonchev–Trinajstić information content (AvgIpc) is 1.59. The van der Waals surface area contributed by atoms with Gasteiger partial charge in [-0.05, 0) is 18.3 Å². The van der Waals surface area contributed by atoms with E-state index < -0.39 is 0 Å². The molecule has 0 aromatic heterocycles. The topological polar surface area (TPSA) is 0 Å². The van der Waals surface area contributed by atoms with Gasteiger partial charge in [0.1, 0.15) is 0 Å². The van der Waals surface area contributed by atoms with Crippen LogP contribution in [-0.2, 0) is 0 Å². The zero-order valence-electron chi connectivity index (χ0n) is 7.58. The van der Waals surface area contributed by atoms with Crippen LogP contribution in [0, 0.1) is 5.41 Å². The largest absolute Gasteiger partial charge is 0.0894 e. The monoisotopic (exact) mass is 206 g/mol. The van der Waals surface area contributed by atoms with Crippen LogP contribution in [0.3, 0.4) is 0 Å². The summed E-state index contributed by atoms with van der Waals surface area (Å²) < 4.78 is 0. The van der Waals surface area contributed by atoms with Gasteiger partial charge in [0.15, 0.2) is 0 Å². The van der Waals surface area contributed by atoms with Gasteiger partial charge < -0.3 is 0 Å². The molecule has 0 aliphatic carbocycles. The molecule has 0 N–H and O–H groups in total. The molecule has 0 rings (SSSR count).